The zero-order valence-electron chi connectivity index (χ0n) is 17.7. The van der Waals surface area contributed by atoms with Gasteiger partial charge in [0.1, 0.15) is 5.54 Å². The van der Waals surface area contributed by atoms with E-state index >= 15 is 0 Å². The third-order valence-corrected chi connectivity index (χ3v) is 5.78. The Morgan fingerprint density at radius 2 is 1.68 bits per heavy atom. The highest BCUT2D eigenvalue weighted by Gasteiger charge is 2.42. The zero-order chi connectivity index (χ0) is 22.1. The summed E-state index contributed by atoms with van der Waals surface area (Å²) >= 11 is 0. The molecule has 3 aromatic rings. The van der Waals surface area contributed by atoms with Crippen molar-refractivity contribution in [3.8, 4) is 0 Å². The van der Waals surface area contributed by atoms with Crippen molar-refractivity contribution in [3.63, 3.8) is 0 Å². The van der Waals surface area contributed by atoms with Crippen LogP contribution in [0.15, 0.2) is 72.8 Å². The number of aromatic nitrogens is 1. The van der Waals surface area contributed by atoms with Gasteiger partial charge in [-0.3, -0.25) is 9.78 Å². The van der Waals surface area contributed by atoms with Gasteiger partial charge in [0.05, 0.1) is 5.69 Å². The van der Waals surface area contributed by atoms with E-state index in [0.29, 0.717) is 17.7 Å². The number of nitrogens with one attached hydrogen (secondary N) is 1. The first-order valence-electron chi connectivity index (χ1n) is 10.6. The summed E-state index contributed by atoms with van der Waals surface area (Å²) in [6.45, 7) is 2.77. The predicted octanol–water partition coefficient (Wildman–Crippen LogP) is 5.51. The maximum Gasteiger partial charge on any atom is 0.270 e. The molecular weight excluding hydrogens is 394 g/mol. The molecule has 1 aromatic heterocycles. The Morgan fingerprint density at radius 3 is 2.32 bits per heavy atom. The fraction of sp³-hybridized carbons (Fsp3) is 0.308. The molecular formula is C26H26F2N2O. The number of benzene rings is 2. The van der Waals surface area contributed by atoms with Crippen molar-refractivity contribution in [1.82, 2.24) is 10.3 Å². The van der Waals surface area contributed by atoms with E-state index in [1.165, 1.54) is 12.1 Å². The van der Waals surface area contributed by atoms with Gasteiger partial charge in [-0.1, -0.05) is 54.6 Å². The number of rotatable bonds is 7. The van der Waals surface area contributed by atoms with Crippen molar-refractivity contribution in [1.29, 1.82) is 0 Å². The van der Waals surface area contributed by atoms with E-state index in [1.807, 2.05) is 55.5 Å². The molecule has 1 unspecified atom stereocenters. The predicted molar refractivity (Wildman–Crippen MR) is 117 cm³/mol. The van der Waals surface area contributed by atoms with Gasteiger partial charge in [-0.05, 0) is 49.1 Å². The van der Waals surface area contributed by atoms with Crippen molar-refractivity contribution in [2.75, 3.05) is 0 Å². The number of pyridine rings is 1. The summed E-state index contributed by atoms with van der Waals surface area (Å²) in [6.07, 6.45) is 2.10. The number of alkyl halides is 2. The lowest BCUT2D eigenvalue weighted by Gasteiger charge is -2.36. The van der Waals surface area contributed by atoms with Crippen LogP contribution in [0.2, 0.25) is 0 Å². The smallest absolute Gasteiger partial charge is 0.270 e. The molecule has 1 fully saturated rings. The van der Waals surface area contributed by atoms with Gasteiger partial charge < -0.3 is 5.32 Å². The van der Waals surface area contributed by atoms with Crippen LogP contribution in [-0.2, 0) is 22.7 Å². The fourth-order valence-corrected chi connectivity index (χ4v) is 3.92. The normalized spacial score (nSPS) is 15.9. The molecule has 1 atom stereocenters. The van der Waals surface area contributed by atoms with Crippen LogP contribution in [0, 0.1) is 12.8 Å². The first-order valence-corrected chi connectivity index (χ1v) is 10.6. The Kier molecular flexibility index (Phi) is 5.61. The molecule has 1 N–H and O–H groups in total. The Morgan fingerprint density at radius 1 is 1.00 bits per heavy atom. The molecule has 0 spiro atoms. The van der Waals surface area contributed by atoms with Crippen molar-refractivity contribution in [3.05, 3.63) is 101 Å². The minimum Gasteiger partial charge on any atom is -0.340 e. The Labute approximate surface area is 181 Å². The molecule has 0 radical (unpaired) electrons. The van der Waals surface area contributed by atoms with Crippen LogP contribution in [-0.4, -0.2) is 10.9 Å². The SMILES string of the molecule is Cc1cccc(C(Cc2ccccc2)(NC(=O)C2CC2)c2cccc(C(C)(F)F)c2)n1. The van der Waals surface area contributed by atoms with Gasteiger partial charge in [-0.2, -0.15) is 0 Å². The number of nitrogens with zero attached hydrogens (tertiary/aromatic N) is 1. The molecule has 0 bridgehead atoms. The van der Waals surface area contributed by atoms with Crippen molar-refractivity contribution in [2.24, 2.45) is 5.92 Å². The Hall–Kier alpha value is -3.08. The lowest BCUT2D eigenvalue weighted by atomic mass is 9.79. The minimum atomic E-state index is -2.99. The highest BCUT2D eigenvalue weighted by atomic mass is 19.3. The maximum absolute atomic E-state index is 14.2. The number of aryl methyl sites for hydroxylation is 1. The van der Waals surface area contributed by atoms with Crippen molar-refractivity contribution >= 4 is 5.91 Å². The second kappa shape index (κ2) is 8.22. The van der Waals surface area contributed by atoms with E-state index in [9.17, 15) is 13.6 Å². The number of carbonyl (C=O) groups excluding carboxylic acids is 1. The summed E-state index contributed by atoms with van der Waals surface area (Å²) in [5.41, 5.74) is 1.87. The van der Waals surface area contributed by atoms with Crippen LogP contribution >= 0.6 is 0 Å². The van der Waals surface area contributed by atoms with E-state index in [-0.39, 0.29) is 17.4 Å². The van der Waals surface area contributed by atoms with E-state index in [0.717, 1.165) is 31.0 Å². The van der Waals surface area contributed by atoms with Crippen molar-refractivity contribution < 1.29 is 13.6 Å². The molecule has 1 heterocycles. The number of halogens is 2. The van der Waals surface area contributed by atoms with Crippen LogP contribution in [0.5, 0.6) is 0 Å². The topological polar surface area (TPSA) is 42.0 Å². The van der Waals surface area contributed by atoms with Gasteiger partial charge in [0.25, 0.3) is 5.92 Å². The molecule has 4 rings (SSSR count). The summed E-state index contributed by atoms with van der Waals surface area (Å²) in [6, 6.07) is 21.7. The summed E-state index contributed by atoms with van der Waals surface area (Å²) < 4.78 is 28.4. The summed E-state index contributed by atoms with van der Waals surface area (Å²) in [5.74, 6) is -3.08. The third-order valence-electron chi connectivity index (χ3n) is 5.78. The standard InChI is InChI=1S/C26H26F2N2O/c1-18-8-6-13-23(29-18)26(30-24(31)20-14-15-20,17-19-9-4-3-5-10-19)22-12-7-11-21(16-22)25(2,27)28/h3-13,16,20H,14-15,17H2,1-2H3,(H,30,31). The van der Waals surface area contributed by atoms with Crippen molar-refractivity contribution in [2.45, 2.75) is 44.6 Å². The van der Waals surface area contributed by atoms with Crippen LogP contribution < -0.4 is 5.32 Å². The summed E-state index contributed by atoms with van der Waals surface area (Å²) in [4.78, 5) is 17.8. The van der Waals surface area contributed by atoms with E-state index in [1.54, 1.807) is 12.1 Å². The molecule has 5 heteroatoms. The third kappa shape index (κ3) is 4.66. The molecule has 1 saturated carbocycles. The molecule has 0 saturated heterocycles. The Bertz CT molecular complexity index is 1070. The number of hydrogen-bond acceptors (Lipinski definition) is 2. The highest BCUT2D eigenvalue weighted by Crippen LogP contribution is 2.38. The van der Waals surface area contributed by atoms with Crippen LogP contribution in [0.25, 0.3) is 0 Å². The fourth-order valence-electron chi connectivity index (χ4n) is 3.92. The average molecular weight is 421 g/mol. The van der Waals surface area contributed by atoms with Crippen LogP contribution in [0.1, 0.15) is 47.8 Å². The second-order valence-electron chi connectivity index (χ2n) is 8.46. The largest absolute Gasteiger partial charge is 0.340 e. The van der Waals surface area contributed by atoms with Gasteiger partial charge in [-0.15, -0.1) is 0 Å². The van der Waals surface area contributed by atoms with Gasteiger partial charge >= 0.3 is 0 Å². The summed E-state index contributed by atoms with van der Waals surface area (Å²) in [5, 5.41) is 3.23. The van der Waals surface area contributed by atoms with Gasteiger partial charge in [0, 0.05) is 30.5 Å². The summed E-state index contributed by atoms with van der Waals surface area (Å²) in [7, 11) is 0. The molecule has 0 aliphatic heterocycles. The maximum atomic E-state index is 14.2. The first-order chi connectivity index (χ1) is 14.8. The average Bonchev–Trinajstić information content (AvgIpc) is 3.59. The monoisotopic (exact) mass is 420 g/mol. The molecule has 31 heavy (non-hydrogen) atoms. The molecule has 1 aliphatic carbocycles. The van der Waals surface area contributed by atoms with Gasteiger partial charge in [0.15, 0.2) is 0 Å². The highest BCUT2D eigenvalue weighted by molar-refractivity contribution is 5.82. The zero-order valence-corrected chi connectivity index (χ0v) is 17.7. The lowest BCUT2D eigenvalue weighted by molar-refractivity contribution is -0.124. The van der Waals surface area contributed by atoms with Gasteiger partial charge in [0.2, 0.25) is 5.91 Å². The van der Waals surface area contributed by atoms with E-state index < -0.39 is 11.5 Å². The van der Waals surface area contributed by atoms with Crippen LogP contribution in [0.4, 0.5) is 8.78 Å². The minimum absolute atomic E-state index is 0.0317. The number of amides is 1. The number of hydrogen-bond donors (Lipinski definition) is 1. The molecule has 160 valence electrons. The van der Waals surface area contributed by atoms with Gasteiger partial charge in [-0.25, -0.2) is 8.78 Å². The molecule has 1 amide bonds. The quantitative estimate of drug-likeness (QED) is 0.547. The molecule has 3 nitrogen and oxygen atoms in total. The molecule has 2 aromatic carbocycles. The lowest BCUT2D eigenvalue weighted by Crippen LogP contribution is -2.50. The second-order valence-corrected chi connectivity index (χ2v) is 8.46. The number of carbonyl (C=O) groups is 1. The Balaban J connectivity index is 1.93. The van der Waals surface area contributed by atoms with E-state index in [2.05, 4.69) is 5.32 Å². The van der Waals surface area contributed by atoms with Crippen LogP contribution in [0.3, 0.4) is 0 Å². The molecule has 1 aliphatic rings. The van der Waals surface area contributed by atoms with E-state index in [4.69, 9.17) is 4.98 Å². The first kappa shape index (κ1) is 21.2.